The first-order valence-corrected chi connectivity index (χ1v) is 20.9. The molecule has 4 atom stereocenters. The van der Waals surface area contributed by atoms with E-state index in [1.165, 1.54) is 51.4 Å². The Labute approximate surface area is 396 Å². The predicted octanol–water partition coefficient (Wildman–Crippen LogP) is 16.0. The maximum Gasteiger partial charge on any atom is 0.132 e. The average molecular weight is 910 g/mol. The van der Waals surface area contributed by atoms with Crippen molar-refractivity contribution in [2.24, 2.45) is 0 Å². The number of methoxy groups -OCH3 is 4. The van der Waals surface area contributed by atoms with Gasteiger partial charge in [-0.1, -0.05) is 123 Å². The van der Waals surface area contributed by atoms with Crippen molar-refractivity contribution in [2.75, 3.05) is 35.0 Å². The molecule has 0 N–H and O–H groups in total. The minimum atomic E-state index is 0. The van der Waals surface area contributed by atoms with E-state index in [0.29, 0.717) is 31.8 Å². The summed E-state index contributed by atoms with van der Waals surface area (Å²) in [6.45, 7) is 18.1. The maximum absolute atomic E-state index is 11.0. The lowest BCUT2D eigenvalue weighted by Gasteiger charge is -2.23. The Morgan fingerprint density at radius 3 is 1.08 bits per heavy atom. The summed E-state index contributed by atoms with van der Waals surface area (Å²) in [5, 5.41) is 0. The van der Waals surface area contributed by atoms with E-state index >= 15 is 0 Å². The molecule has 9 nitrogen and oxygen atoms in total. The van der Waals surface area contributed by atoms with Gasteiger partial charge < -0.3 is 23.7 Å². The molecule has 0 amide bonds. The Morgan fingerprint density at radius 1 is 0.444 bits per heavy atom. The van der Waals surface area contributed by atoms with Crippen molar-refractivity contribution in [3.8, 4) is 0 Å². The number of Topliss-reactive ketones (excluding diaryl/α,β-unsaturated/α-hetero) is 4. The molecule has 0 radical (unpaired) electrons. The SMILES string of the molecule is C.C.C.C.C.C.C.C.C=CCCC(CC(C)=O)OC.C=CCCCCC(CC(C)=O)OC.C=CCCCCCCC(CC(C)=O)OC.COC(CCOC1CCCCC1)CC(C)=O. The van der Waals surface area contributed by atoms with Crippen molar-refractivity contribution in [1.29, 1.82) is 0 Å². The number of rotatable bonds is 31. The molecule has 0 aromatic carbocycles. The van der Waals surface area contributed by atoms with Gasteiger partial charge in [0, 0.05) is 60.7 Å². The normalized spacial score (nSPS) is 12.7. The molecule has 63 heavy (non-hydrogen) atoms. The number of allylic oxidation sites excluding steroid dienone is 3. The van der Waals surface area contributed by atoms with Gasteiger partial charge in [-0.25, -0.2) is 0 Å². The van der Waals surface area contributed by atoms with Crippen LogP contribution in [0.2, 0.25) is 0 Å². The van der Waals surface area contributed by atoms with Crippen molar-refractivity contribution in [3.05, 3.63) is 38.0 Å². The molecule has 0 bridgehead atoms. The number of hydrogen-bond donors (Lipinski definition) is 0. The van der Waals surface area contributed by atoms with E-state index < -0.39 is 0 Å². The minimum absolute atomic E-state index is 0. The average Bonchev–Trinajstić information content (AvgIpc) is 3.15. The predicted molar refractivity (Wildman–Crippen MR) is 282 cm³/mol. The van der Waals surface area contributed by atoms with E-state index in [2.05, 4.69) is 19.7 Å². The van der Waals surface area contributed by atoms with Crippen molar-refractivity contribution < 1.29 is 42.9 Å². The first-order chi connectivity index (χ1) is 26.3. The van der Waals surface area contributed by atoms with Crippen LogP contribution in [0.25, 0.3) is 0 Å². The lowest BCUT2D eigenvalue weighted by Crippen LogP contribution is -2.21. The van der Waals surface area contributed by atoms with E-state index in [0.717, 1.165) is 70.8 Å². The molecule has 0 heterocycles. The third-order valence-electron chi connectivity index (χ3n) is 9.30. The third kappa shape index (κ3) is 68.9. The second-order valence-electron chi connectivity index (χ2n) is 14.7. The molecule has 0 spiro atoms. The van der Waals surface area contributed by atoms with Crippen LogP contribution >= 0.6 is 0 Å². The Morgan fingerprint density at radius 2 is 0.746 bits per heavy atom. The summed E-state index contributed by atoms with van der Waals surface area (Å²) in [6, 6.07) is 0. The Kier molecular flexibility index (Phi) is 92.2. The van der Waals surface area contributed by atoms with Gasteiger partial charge in [-0.3, -0.25) is 19.2 Å². The fourth-order valence-corrected chi connectivity index (χ4v) is 6.07. The van der Waals surface area contributed by atoms with E-state index in [1.807, 2.05) is 18.2 Å². The van der Waals surface area contributed by atoms with Crippen molar-refractivity contribution in [3.63, 3.8) is 0 Å². The maximum atomic E-state index is 11.0. The molecule has 386 valence electrons. The highest BCUT2D eigenvalue weighted by molar-refractivity contribution is 5.76. The van der Waals surface area contributed by atoms with Crippen LogP contribution in [0.3, 0.4) is 0 Å². The summed E-state index contributed by atoms with van der Waals surface area (Å²) < 4.78 is 26.6. The highest BCUT2D eigenvalue weighted by Crippen LogP contribution is 2.21. The summed E-state index contributed by atoms with van der Waals surface area (Å²) in [7, 11) is 6.65. The molecule has 0 saturated heterocycles. The van der Waals surface area contributed by atoms with Gasteiger partial charge in [0.2, 0.25) is 0 Å². The van der Waals surface area contributed by atoms with Gasteiger partial charge in [-0.05, 0) is 98.3 Å². The van der Waals surface area contributed by atoms with Gasteiger partial charge in [0.25, 0.3) is 0 Å². The van der Waals surface area contributed by atoms with E-state index in [-0.39, 0.29) is 107 Å². The van der Waals surface area contributed by atoms with Gasteiger partial charge in [0.05, 0.1) is 30.5 Å². The Hall–Kier alpha value is -2.30. The third-order valence-corrected chi connectivity index (χ3v) is 9.30. The molecular formula is C54H116O9. The van der Waals surface area contributed by atoms with E-state index in [4.69, 9.17) is 23.7 Å². The summed E-state index contributed by atoms with van der Waals surface area (Å²) in [4.78, 5) is 43.3. The molecule has 0 aromatic rings. The number of hydrogen-bond acceptors (Lipinski definition) is 9. The number of ketones is 4. The molecule has 0 aromatic heterocycles. The number of ether oxygens (including phenoxy) is 5. The minimum Gasteiger partial charge on any atom is -0.381 e. The van der Waals surface area contributed by atoms with Gasteiger partial charge in [-0.15, -0.1) is 19.7 Å². The number of carbonyl (C=O) groups excluding carboxylic acids is 4. The molecule has 4 unspecified atom stereocenters. The van der Waals surface area contributed by atoms with Crippen LogP contribution in [0.5, 0.6) is 0 Å². The zero-order chi connectivity index (χ0) is 42.1. The lowest BCUT2D eigenvalue weighted by molar-refractivity contribution is -0.120. The fourth-order valence-electron chi connectivity index (χ4n) is 6.07. The van der Waals surface area contributed by atoms with Crippen LogP contribution < -0.4 is 0 Å². The molecule has 1 aliphatic rings. The Balaban J connectivity index is -0.0000000615. The molecule has 1 aliphatic carbocycles. The first-order valence-electron chi connectivity index (χ1n) is 20.9. The van der Waals surface area contributed by atoms with Crippen LogP contribution in [0.4, 0.5) is 0 Å². The van der Waals surface area contributed by atoms with Crippen LogP contribution in [0.15, 0.2) is 38.0 Å². The van der Waals surface area contributed by atoms with Gasteiger partial charge in [0.15, 0.2) is 0 Å². The van der Waals surface area contributed by atoms with Crippen LogP contribution in [-0.2, 0) is 42.9 Å². The largest absolute Gasteiger partial charge is 0.381 e. The summed E-state index contributed by atoms with van der Waals surface area (Å²) in [5.74, 6) is 0.787. The number of carbonyl (C=O) groups is 4. The molecule has 1 rings (SSSR count). The van der Waals surface area contributed by atoms with Crippen molar-refractivity contribution in [1.82, 2.24) is 0 Å². The zero-order valence-corrected chi connectivity index (χ0v) is 36.7. The molecule has 1 saturated carbocycles. The van der Waals surface area contributed by atoms with Gasteiger partial charge in [0.1, 0.15) is 23.1 Å². The zero-order valence-electron chi connectivity index (χ0n) is 36.7. The quantitative estimate of drug-likeness (QED) is 0.0495. The molecule has 0 aliphatic heterocycles. The van der Waals surface area contributed by atoms with Crippen LogP contribution in [0, 0.1) is 0 Å². The van der Waals surface area contributed by atoms with Gasteiger partial charge >= 0.3 is 0 Å². The summed E-state index contributed by atoms with van der Waals surface area (Å²) >= 11 is 0. The molecule has 1 fully saturated rings. The molecule has 9 heteroatoms. The first kappa shape index (κ1) is 87.6. The lowest BCUT2D eigenvalue weighted by atomic mass is 9.98. The highest BCUT2D eigenvalue weighted by atomic mass is 16.5. The highest BCUT2D eigenvalue weighted by Gasteiger charge is 2.16. The second kappa shape index (κ2) is 66.3. The smallest absolute Gasteiger partial charge is 0.132 e. The van der Waals surface area contributed by atoms with Crippen LogP contribution in [-0.4, -0.2) is 88.7 Å². The molecular weight excluding hydrogens is 793 g/mol. The van der Waals surface area contributed by atoms with Crippen molar-refractivity contribution >= 4 is 23.1 Å². The van der Waals surface area contributed by atoms with E-state index in [9.17, 15) is 19.2 Å². The summed E-state index contributed by atoms with van der Waals surface area (Å²) in [6.07, 6.45) is 28.9. The standard InChI is InChI=1S/C13H24O3.C13H24O2.C11H20O2.C9H16O2.8CH4/c1-11(14)10-13(15-2)8-9-16-12-6-4-3-5-7-12;1-4-5-6-7-8-9-10-13(15-3)11-12(2)14;1-4-5-6-7-8-11(13-3)9-10(2)12;1-4-5-6-9(11-3)7-8(2)10;;;;;;;;/h12-13H,3-10H2,1-2H3;4,13H,1,5-11H2,2-3H3;4,11H,1,5-9H2,2-3H3;4,9H,1,5-7H2,2-3H3;8*1H4. The monoisotopic (exact) mass is 909 g/mol. The summed E-state index contributed by atoms with van der Waals surface area (Å²) in [5.41, 5.74) is 0. The second-order valence-corrected chi connectivity index (χ2v) is 14.7. The van der Waals surface area contributed by atoms with Gasteiger partial charge in [-0.2, -0.15) is 0 Å². The Bertz CT molecular complexity index is 959. The van der Waals surface area contributed by atoms with Crippen LogP contribution in [0.1, 0.15) is 228 Å². The fraction of sp³-hybridized carbons (Fsp3) is 0.815. The topological polar surface area (TPSA) is 114 Å². The van der Waals surface area contributed by atoms with Crippen molar-refractivity contribution in [2.45, 2.75) is 259 Å². The number of unbranched alkanes of at least 4 members (excludes halogenated alkanes) is 6. The van der Waals surface area contributed by atoms with E-state index in [1.54, 1.807) is 56.1 Å².